The van der Waals surface area contributed by atoms with Crippen LogP contribution in [0.5, 0.6) is 5.75 Å². The highest BCUT2D eigenvalue weighted by atomic mass is 32.1. The summed E-state index contributed by atoms with van der Waals surface area (Å²) < 4.78 is 63.6. The van der Waals surface area contributed by atoms with Crippen molar-refractivity contribution in [3.05, 3.63) is 96.0 Å². The number of hydrogen-bond acceptors (Lipinski definition) is 12. The molecule has 20 heteroatoms. The summed E-state index contributed by atoms with van der Waals surface area (Å²) in [4.78, 5) is 61.6. The van der Waals surface area contributed by atoms with E-state index in [9.17, 15) is 42.7 Å². The van der Waals surface area contributed by atoms with E-state index in [1.165, 1.54) is 17.4 Å². The topological polar surface area (TPSA) is 200 Å². The first-order valence-corrected chi connectivity index (χ1v) is 22.8. The molecular formula is C49H56F3N7O9S. The van der Waals surface area contributed by atoms with Crippen LogP contribution >= 0.6 is 12.2 Å². The first kappa shape index (κ1) is 52.0. The number of benzene rings is 3. The van der Waals surface area contributed by atoms with Crippen LogP contribution in [0, 0.1) is 16.7 Å². The Balaban J connectivity index is 0.865. The fraction of sp³-hybridized carbons (Fsp3) is 0.449. The molecule has 2 fully saturated rings. The summed E-state index contributed by atoms with van der Waals surface area (Å²) in [6, 6.07) is 16.9. The maximum absolute atomic E-state index is 13.9. The molecule has 368 valence electrons. The van der Waals surface area contributed by atoms with E-state index in [0.29, 0.717) is 56.3 Å². The first-order valence-electron chi connectivity index (χ1n) is 22.4. The van der Waals surface area contributed by atoms with Crippen molar-refractivity contribution < 1.29 is 56.1 Å². The van der Waals surface area contributed by atoms with Gasteiger partial charge in [0, 0.05) is 50.6 Å². The number of nitrogens with zero attached hydrogens (tertiary/aromatic N) is 5. The Morgan fingerprint density at radius 3 is 2.29 bits per heavy atom. The Bertz CT molecular complexity index is 2490. The maximum atomic E-state index is 13.9. The summed E-state index contributed by atoms with van der Waals surface area (Å²) in [7, 11) is 0. The van der Waals surface area contributed by atoms with Crippen LogP contribution in [0.15, 0.2) is 83.7 Å². The molecule has 1 aromatic heterocycles. The Morgan fingerprint density at radius 2 is 1.64 bits per heavy atom. The van der Waals surface area contributed by atoms with Gasteiger partial charge in [0.25, 0.3) is 5.91 Å². The minimum absolute atomic E-state index is 0.00849. The zero-order valence-electron chi connectivity index (χ0n) is 39.0. The lowest BCUT2D eigenvalue weighted by molar-refractivity contribution is -0.144. The average molecular weight is 976 g/mol. The van der Waals surface area contributed by atoms with Crippen LogP contribution in [0.25, 0.3) is 11.3 Å². The number of rotatable bonds is 20. The van der Waals surface area contributed by atoms with Crippen molar-refractivity contribution in [2.45, 2.75) is 96.7 Å². The van der Waals surface area contributed by atoms with Crippen molar-refractivity contribution in [3.8, 4) is 23.1 Å². The summed E-state index contributed by atoms with van der Waals surface area (Å²) in [6.07, 6.45) is -0.770. The second-order valence-electron chi connectivity index (χ2n) is 18.3. The Kier molecular flexibility index (Phi) is 16.8. The fourth-order valence-corrected chi connectivity index (χ4v) is 8.47. The van der Waals surface area contributed by atoms with Crippen molar-refractivity contribution in [1.29, 1.82) is 5.26 Å². The van der Waals surface area contributed by atoms with Crippen molar-refractivity contribution in [1.82, 2.24) is 20.5 Å². The number of anilines is 2. The van der Waals surface area contributed by atoms with Crippen LogP contribution in [-0.2, 0) is 41.4 Å². The molecule has 3 atom stereocenters. The number of carbonyl (C=O) groups is 4. The van der Waals surface area contributed by atoms with Crippen molar-refractivity contribution in [2.24, 2.45) is 5.41 Å². The molecule has 0 saturated carbocycles. The summed E-state index contributed by atoms with van der Waals surface area (Å²) in [5, 5.41) is 25.3. The molecule has 4 aromatic rings. The third-order valence-electron chi connectivity index (χ3n) is 11.6. The molecule has 3 N–H and O–H groups in total. The number of ether oxygens (including phenoxy) is 3. The molecule has 3 heterocycles. The molecule has 0 aliphatic carbocycles. The number of aliphatic hydroxyl groups excluding tert-OH is 1. The predicted molar refractivity (Wildman–Crippen MR) is 252 cm³/mol. The molecule has 2 saturated heterocycles. The van der Waals surface area contributed by atoms with Gasteiger partial charge in [-0.15, -0.1) is 0 Å². The number of aromatic nitrogens is 1. The number of β-amino-alcohol motifs (C(OH)–C–C–N with tert-alkyl or cyclic N) is 1. The van der Waals surface area contributed by atoms with Crippen LogP contribution in [0.2, 0.25) is 0 Å². The summed E-state index contributed by atoms with van der Waals surface area (Å²) in [5.74, 6) is -0.724. The van der Waals surface area contributed by atoms with Crippen LogP contribution in [0.3, 0.4) is 0 Å². The smallest absolute Gasteiger partial charge is 0.417 e. The van der Waals surface area contributed by atoms with Gasteiger partial charge in [-0.05, 0) is 98.8 Å². The van der Waals surface area contributed by atoms with Crippen molar-refractivity contribution >= 4 is 52.3 Å². The molecule has 6 rings (SSSR count). The lowest BCUT2D eigenvalue weighted by atomic mass is 9.85. The maximum Gasteiger partial charge on any atom is 0.417 e. The lowest BCUT2D eigenvalue weighted by Gasteiger charge is -2.35. The highest BCUT2D eigenvalue weighted by Gasteiger charge is 2.51. The molecule has 0 radical (unpaired) electrons. The number of hydrogen-bond donors (Lipinski definition) is 3. The molecule has 4 amide bonds. The Hall–Kier alpha value is -6.40. The van der Waals surface area contributed by atoms with Crippen LogP contribution in [-0.4, -0.2) is 107 Å². The van der Waals surface area contributed by atoms with Gasteiger partial charge in [0.15, 0.2) is 17.3 Å². The molecule has 0 spiro atoms. The zero-order chi connectivity index (χ0) is 50.1. The largest absolute Gasteiger partial charge is 0.494 e. The van der Waals surface area contributed by atoms with Crippen molar-refractivity contribution in [2.75, 3.05) is 49.4 Å². The number of carbonyl (C=O) groups excluding carboxylic acids is 4. The van der Waals surface area contributed by atoms with Gasteiger partial charge in [0.1, 0.15) is 30.0 Å². The van der Waals surface area contributed by atoms with E-state index in [0.717, 1.165) is 28.2 Å². The number of likely N-dealkylation sites (tertiary alicyclic amines) is 1. The van der Waals surface area contributed by atoms with Crippen LogP contribution in [0.4, 0.5) is 24.5 Å². The van der Waals surface area contributed by atoms with Gasteiger partial charge in [0.2, 0.25) is 17.7 Å². The molecule has 69 heavy (non-hydrogen) atoms. The molecule has 0 bridgehead atoms. The minimum Gasteiger partial charge on any atom is -0.494 e. The van der Waals surface area contributed by atoms with Crippen LogP contribution < -0.4 is 25.2 Å². The van der Waals surface area contributed by atoms with E-state index in [-0.39, 0.29) is 43.5 Å². The third-order valence-corrected chi connectivity index (χ3v) is 12.0. The average Bonchev–Trinajstić information content (AvgIpc) is 4.03. The van der Waals surface area contributed by atoms with E-state index >= 15 is 0 Å². The molecule has 2 aliphatic rings. The van der Waals surface area contributed by atoms with Gasteiger partial charge in [0.05, 0.1) is 41.8 Å². The zero-order valence-corrected chi connectivity index (χ0v) is 39.8. The second-order valence-corrected chi connectivity index (χ2v) is 18.6. The SMILES string of the molecule is CC(C)(C)C(NC(=O)COCCCOCCCCOc1ccc(N2C(=S)N(c3ccc(C#N)c(C(F)(F)F)c3)C(=O)C2(C)C)cc1)C(=O)N1C[C@H](O)C[C@H]1C(=O)NCc1ccc(-c2cnco2)cc1. The number of nitrogens with one attached hydrogen (secondary N) is 2. The van der Waals surface area contributed by atoms with E-state index < -0.39 is 70.1 Å². The number of unbranched alkanes of at least 4 members (excludes halogenated alkanes) is 1. The van der Waals surface area contributed by atoms with E-state index in [1.54, 1.807) is 76.1 Å². The fourth-order valence-electron chi connectivity index (χ4n) is 7.95. The number of oxazole rings is 1. The van der Waals surface area contributed by atoms with Crippen molar-refractivity contribution in [3.63, 3.8) is 0 Å². The Morgan fingerprint density at radius 1 is 0.971 bits per heavy atom. The number of nitriles is 1. The van der Waals surface area contributed by atoms with Gasteiger partial charge in [-0.25, -0.2) is 4.98 Å². The van der Waals surface area contributed by atoms with Gasteiger partial charge in [-0.1, -0.05) is 45.0 Å². The van der Waals surface area contributed by atoms with Gasteiger partial charge in [-0.2, -0.15) is 18.4 Å². The molecule has 2 aliphatic heterocycles. The third kappa shape index (κ3) is 12.8. The molecular weight excluding hydrogens is 920 g/mol. The number of halogens is 3. The lowest BCUT2D eigenvalue weighted by Crippen LogP contribution is -2.58. The van der Waals surface area contributed by atoms with E-state index in [2.05, 4.69) is 15.6 Å². The summed E-state index contributed by atoms with van der Waals surface area (Å²) >= 11 is 5.62. The minimum atomic E-state index is -4.80. The van der Waals surface area contributed by atoms with E-state index in [1.807, 2.05) is 24.3 Å². The van der Waals surface area contributed by atoms with Gasteiger partial charge >= 0.3 is 6.18 Å². The molecule has 3 aromatic carbocycles. The molecule has 1 unspecified atom stereocenters. The number of aliphatic hydroxyl groups is 1. The predicted octanol–water partition coefficient (Wildman–Crippen LogP) is 6.54. The monoisotopic (exact) mass is 975 g/mol. The standard InChI is InChI=1S/C49H56F3N7O9S/c1-47(2,3)42(44(63)57-28-36(60)24-39(57)43(62)55-26-31-9-11-32(12-10-31)40-27-54-30-68-40)56-41(61)29-66-21-8-20-65-19-6-7-22-67-37-17-15-34(16-18-37)59-46(69)58(45(64)48(59,4)5)35-14-13-33(25-53)38(23-35)49(50,51)52/h9-18,23,27,30,36,39,42,60H,6-8,19-22,24,26,28-29H2,1-5H3,(H,55,62)(H,56,61)/t36-,39+,42?/m1/s1. The van der Waals surface area contributed by atoms with Gasteiger partial charge < -0.3 is 44.2 Å². The number of alkyl halides is 3. The number of thiocarbonyl (C=S) groups is 1. The highest BCUT2D eigenvalue weighted by Crippen LogP contribution is 2.40. The molecule has 16 nitrogen and oxygen atoms in total. The number of amides is 4. The second kappa shape index (κ2) is 22.4. The quantitative estimate of drug-likeness (QED) is 0.0638. The van der Waals surface area contributed by atoms with Gasteiger partial charge in [-0.3, -0.25) is 24.1 Å². The van der Waals surface area contributed by atoms with E-state index in [4.69, 9.17) is 30.8 Å². The normalized spacial score (nSPS) is 17.5. The summed E-state index contributed by atoms with van der Waals surface area (Å²) in [5.41, 5.74) is -1.56. The summed E-state index contributed by atoms with van der Waals surface area (Å²) in [6.45, 7) is 10.0. The Labute approximate surface area is 403 Å². The van der Waals surface area contributed by atoms with Crippen LogP contribution in [0.1, 0.15) is 77.0 Å². The highest BCUT2D eigenvalue weighted by molar-refractivity contribution is 7.81. The first-order chi connectivity index (χ1) is 32.7.